The van der Waals surface area contributed by atoms with Gasteiger partial charge in [0.25, 0.3) is 11.8 Å². The van der Waals surface area contributed by atoms with Gasteiger partial charge < -0.3 is 9.32 Å². The number of carbonyl (C=O) groups excluding carboxylic acids is 2. The highest BCUT2D eigenvalue weighted by atomic mass is 32.1. The number of amides is 2. The third-order valence-corrected chi connectivity index (χ3v) is 4.87. The molecule has 2 aliphatic rings. The molecule has 0 saturated carbocycles. The molecule has 0 aliphatic carbocycles. The second kappa shape index (κ2) is 6.76. The van der Waals surface area contributed by atoms with E-state index in [9.17, 15) is 9.59 Å². The maximum Gasteiger partial charge on any atom is 0.267 e. The normalized spacial score (nSPS) is 18.9. The summed E-state index contributed by atoms with van der Waals surface area (Å²) in [7, 11) is 0. The van der Waals surface area contributed by atoms with Gasteiger partial charge in [-0.3, -0.25) is 19.8 Å². The van der Waals surface area contributed by atoms with E-state index < -0.39 is 11.8 Å². The Hall–Kier alpha value is -2.93. The molecule has 1 N–H and O–H groups in total. The molecule has 7 heteroatoms. The molecule has 0 atom stereocenters. The Morgan fingerprint density at radius 3 is 2.73 bits per heavy atom. The Bertz CT molecular complexity index is 905. The zero-order chi connectivity index (χ0) is 18.1. The molecule has 3 heterocycles. The van der Waals surface area contributed by atoms with Crippen molar-refractivity contribution in [3.63, 3.8) is 0 Å². The number of hydrogen-bond acceptors (Lipinski definition) is 5. The van der Waals surface area contributed by atoms with Crippen LogP contribution in [0, 0.1) is 0 Å². The topological polar surface area (TPSA) is 65.8 Å². The van der Waals surface area contributed by atoms with Gasteiger partial charge in [0.2, 0.25) is 0 Å². The van der Waals surface area contributed by atoms with Gasteiger partial charge in [0.1, 0.15) is 11.3 Å². The lowest BCUT2D eigenvalue weighted by Gasteiger charge is -2.31. The number of thiocarbonyl (C=S) groups is 1. The van der Waals surface area contributed by atoms with Crippen molar-refractivity contribution < 1.29 is 14.0 Å². The number of nitrogens with one attached hydrogen (secondary N) is 1. The molecule has 2 amide bonds. The Balaban J connectivity index is 1.56. The van der Waals surface area contributed by atoms with Crippen LogP contribution in [0.3, 0.4) is 0 Å². The van der Waals surface area contributed by atoms with E-state index in [0.717, 1.165) is 13.0 Å². The van der Waals surface area contributed by atoms with Crippen molar-refractivity contribution in [3.8, 4) is 0 Å². The van der Waals surface area contributed by atoms with Crippen LogP contribution in [0.15, 0.2) is 58.9 Å². The second-order valence-electron chi connectivity index (χ2n) is 6.26. The number of hydrogen-bond donors (Lipinski definition) is 1. The van der Waals surface area contributed by atoms with Gasteiger partial charge in [0, 0.05) is 19.3 Å². The van der Waals surface area contributed by atoms with Crippen LogP contribution in [0.25, 0.3) is 0 Å². The third-order valence-electron chi connectivity index (χ3n) is 4.55. The van der Waals surface area contributed by atoms with Gasteiger partial charge in [0.05, 0.1) is 12.8 Å². The Morgan fingerprint density at radius 1 is 1.15 bits per heavy atom. The van der Waals surface area contributed by atoms with Crippen molar-refractivity contribution in [3.05, 3.63) is 71.3 Å². The zero-order valence-corrected chi connectivity index (χ0v) is 14.8. The van der Waals surface area contributed by atoms with E-state index in [1.807, 2.05) is 17.0 Å². The van der Waals surface area contributed by atoms with Crippen molar-refractivity contribution in [2.75, 3.05) is 6.54 Å². The molecule has 2 aliphatic heterocycles. The highest BCUT2D eigenvalue weighted by Crippen LogP contribution is 2.21. The number of benzene rings is 1. The molecule has 0 spiro atoms. The zero-order valence-electron chi connectivity index (χ0n) is 14.0. The summed E-state index contributed by atoms with van der Waals surface area (Å²) in [5.41, 5.74) is 2.61. The Kier molecular flexibility index (Phi) is 4.30. The van der Waals surface area contributed by atoms with Crippen molar-refractivity contribution in [1.82, 2.24) is 15.1 Å². The SMILES string of the molecule is O=C1NC(=S)N(Cc2ccco2)C(=O)/C1=C/N1CCc2ccccc2C1. The molecular weight excluding hydrogens is 350 g/mol. The van der Waals surface area contributed by atoms with Gasteiger partial charge in [-0.1, -0.05) is 24.3 Å². The van der Waals surface area contributed by atoms with Crippen LogP contribution in [-0.4, -0.2) is 33.3 Å². The highest BCUT2D eigenvalue weighted by Gasteiger charge is 2.34. The fourth-order valence-corrected chi connectivity index (χ4v) is 3.43. The summed E-state index contributed by atoms with van der Waals surface area (Å²) in [6.45, 7) is 1.61. The Labute approximate surface area is 156 Å². The predicted molar refractivity (Wildman–Crippen MR) is 98.6 cm³/mol. The molecular formula is C19H17N3O3S. The number of carbonyl (C=O) groups is 2. The molecule has 0 unspecified atom stereocenters. The lowest BCUT2D eigenvalue weighted by atomic mass is 10.00. The van der Waals surface area contributed by atoms with Crippen LogP contribution in [0.5, 0.6) is 0 Å². The van der Waals surface area contributed by atoms with Crippen molar-refractivity contribution in [2.45, 2.75) is 19.5 Å². The Morgan fingerprint density at radius 2 is 1.96 bits per heavy atom. The van der Waals surface area contributed by atoms with Gasteiger partial charge in [-0.2, -0.15) is 0 Å². The minimum atomic E-state index is -0.463. The molecule has 132 valence electrons. The molecule has 1 saturated heterocycles. The molecule has 26 heavy (non-hydrogen) atoms. The summed E-state index contributed by atoms with van der Waals surface area (Å²) < 4.78 is 5.29. The minimum Gasteiger partial charge on any atom is -0.467 e. The monoisotopic (exact) mass is 367 g/mol. The fraction of sp³-hybridized carbons (Fsp3) is 0.211. The van der Waals surface area contributed by atoms with E-state index in [0.29, 0.717) is 12.3 Å². The van der Waals surface area contributed by atoms with Crippen LogP contribution in [0.2, 0.25) is 0 Å². The lowest BCUT2D eigenvalue weighted by Crippen LogP contribution is -2.53. The highest BCUT2D eigenvalue weighted by molar-refractivity contribution is 7.80. The fourth-order valence-electron chi connectivity index (χ4n) is 3.19. The van der Waals surface area contributed by atoms with Crippen LogP contribution >= 0.6 is 12.2 Å². The molecule has 4 rings (SSSR count). The number of furan rings is 1. The molecule has 1 fully saturated rings. The summed E-state index contributed by atoms with van der Waals surface area (Å²) in [6, 6.07) is 11.7. The van der Waals surface area contributed by atoms with E-state index >= 15 is 0 Å². The van der Waals surface area contributed by atoms with Gasteiger partial charge in [-0.25, -0.2) is 0 Å². The molecule has 0 radical (unpaired) electrons. The molecule has 2 aromatic rings. The number of rotatable bonds is 3. The molecule has 1 aromatic heterocycles. The maximum atomic E-state index is 12.8. The smallest absolute Gasteiger partial charge is 0.267 e. The summed E-state index contributed by atoms with van der Waals surface area (Å²) in [6.07, 6.45) is 4.06. The van der Waals surface area contributed by atoms with Crippen LogP contribution in [-0.2, 0) is 29.1 Å². The van der Waals surface area contributed by atoms with Crippen molar-refractivity contribution in [1.29, 1.82) is 0 Å². The summed E-state index contributed by atoms with van der Waals surface area (Å²) in [5.74, 6) is -0.272. The lowest BCUT2D eigenvalue weighted by molar-refractivity contribution is -0.129. The first-order chi connectivity index (χ1) is 12.6. The van der Waals surface area contributed by atoms with E-state index in [-0.39, 0.29) is 17.2 Å². The average Bonchev–Trinajstić information content (AvgIpc) is 3.15. The summed E-state index contributed by atoms with van der Waals surface area (Å²) in [4.78, 5) is 28.5. The summed E-state index contributed by atoms with van der Waals surface area (Å²) in [5, 5.41) is 2.69. The standard InChI is InChI=1S/C19H17N3O3S/c23-17-16(12-21-8-7-13-4-1-2-5-14(13)10-21)18(24)22(19(26)20-17)11-15-6-3-9-25-15/h1-6,9,12H,7-8,10-11H2,(H,20,23,26)/b16-12+. The average molecular weight is 367 g/mol. The van der Waals surface area contributed by atoms with Crippen LogP contribution in [0.4, 0.5) is 0 Å². The van der Waals surface area contributed by atoms with E-state index in [4.69, 9.17) is 16.6 Å². The van der Waals surface area contributed by atoms with Gasteiger partial charge in [-0.05, 0) is 41.9 Å². The summed E-state index contributed by atoms with van der Waals surface area (Å²) >= 11 is 5.15. The van der Waals surface area contributed by atoms with Gasteiger partial charge >= 0.3 is 0 Å². The van der Waals surface area contributed by atoms with Gasteiger partial charge in [0.15, 0.2) is 5.11 Å². The van der Waals surface area contributed by atoms with Crippen molar-refractivity contribution >= 4 is 29.1 Å². The van der Waals surface area contributed by atoms with E-state index in [1.165, 1.54) is 22.3 Å². The molecule has 1 aromatic carbocycles. The van der Waals surface area contributed by atoms with E-state index in [1.54, 1.807) is 18.3 Å². The first kappa shape index (κ1) is 16.5. The third kappa shape index (κ3) is 3.13. The van der Waals surface area contributed by atoms with Crippen LogP contribution in [0.1, 0.15) is 16.9 Å². The number of nitrogens with zero attached hydrogens (tertiary/aromatic N) is 2. The van der Waals surface area contributed by atoms with E-state index in [2.05, 4.69) is 17.4 Å². The molecule has 6 nitrogen and oxygen atoms in total. The first-order valence-electron chi connectivity index (χ1n) is 8.34. The first-order valence-corrected chi connectivity index (χ1v) is 8.75. The number of fused-ring (bicyclic) bond motifs is 1. The van der Waals surface area contributed by atoms with Gasteiger partial charge in [-0.15, -0.1) is 0 Å². The molecule has 0 bridgehead atoms. The quantitative estimate of drug-likeness (QED) is 0.510. The predicted octanol–water partition coefficient (Wildman–Crippen LogP) is 1.97. The largest absolute Gasteiger partial charge is 0.467 e. The second-order valence-corrected chi connectivity index (χ2v) is 6.65. The van der Waals surface area contributed by atoms with Crippen molar-refractivity contribution in [2.24, 2.45) is 0 Å². The van der Waals surface area contributed by atoms with Crippen LogP contribution < -0.4 is 5.32 Å². The minimum absolute atomic E-state index is 0.0875. The maximum absolute atomic E-state index is 12.8.